The van der Waals surface area contributed by atoms with Gasteiger partial charge in [-0.2, -0.15) is 0 Å². The van der Waals surface area contributed by atoms with E-state index < -0.39 is 0 Å². The van der Waals surface area contributed by atoms with E-state index in [1.54, 1.807) is 0 Å². The Kier molecular flexibility index (Phi) is 4.73. The predicted octanol–water partition coefficient (Wildman–Crippen LogP) is 5.61. The van der Waals surface area contributed by atoms with Gasteiger partial charge in [0, 0.05) is 9.58 Å². The average molecular weight is 316 g/mol. The van der Waals surface area contributed by atoms with Crippen molar-refractivity contribution in [3.05, 3.63) is 57.1 Å². The maximum absolute atomic E-state index is 3.76. The fourth-order valence-electron chi connectivity index (χ4n) is 2.75. The molecule has 21 heavy (non-hydrogen) atoms. The standard InChI is InChI=1S/C18H21NS2/c1-3-10-19-17(18-13(4-2)9-11-20-18)15-12-21-16-8-6-5-7-14(15)16/h5-9,11-12,17,19H,3-4,10H2,1-2H3. The summed E-state index contributed by atoms with van der Waals surface area (Å²) in [7, 11) is 0. The van der Waals surface area contributed by atoms with Crippen molar-refractivity contribution in [2.45, 2.75) is 32.7 Å². The highest BCUT2D eigenvalue weighted by atomic mass is 32.1. The third-order valence-electron chi connectivity index (χ3n) is 3.84. The van der Waals surface area contributed by atoms with E-state index in [0.717, 1.165) is 19.4 Å². The second-order valence-corrected chi connectivity index (χ2v) is 7.10. The van der Waals surface area contributed by atoms with E-state index in [0.29, 0.717) is 6.04 Å². The quantitative estimate of drug-likeness (QED) is 0.623. The average Bonchev–Trinajstić information content (AvgIpc) is 3.15. The number of hydrogen-bond acceptors (Lipinski definition) is 3. The summed E-state index contributed by atoms with van der Waals surface area (Å²) in [5.74, 6) is 0. The molecule has 0 amide bonds. The Balaban J connectivity index is 2.07. The summed E-state index contributed by atoms with van der Waals surface area (Å²) in [4.78, 5) is 1.48. The molecule has 2 heterocycles. The zero-order chi connectivity index (χ0) is 14.7. The van der Waals surface area contributed by atoms with Crippen LogP contribution in [0.15, 0.2) is 41.1 Å². The molecule has 0 bridgehead atoms. The topological polar surface area (TPSA) is 12.0 Å². The molecule has 3 rings (SSSR count). The molecule has 3 aromatic rings. The van der Waals surface area contributed by atoms with Crippen LogP contribution in [0.1, 0.15) is 42.3 Å². The SMILES string of the molecule is CCCNC(c1sccc1CC)c1csc2ccccc12. The number of fused-ring (bicyclic) bond motifs is 1. The van der Waals surface area contributed by atoms with Gasteiger partial charge in [0.05, 0.1) is 6.04 Å². The molecule has 0 aliphatic carbocycles. The van der Waals surface area contributed by atoms with Crippen molar-refractivity contribution in [1.82, 2.24) is 5.32 Å². The summed E-state index contributed by atoms with van der Waals surface area (Å²) in [5, 5.41) is 9.71. The molecule has 3 heteroatoms. The smallest absolute Gasteiger partial charge is 0.0688 e. The van der Waals surface area contributed by atoms with Gasteiger partial charge in [0.25, 0.3) is 0 Å². The van der Waals surface area contributed by atoms with Gasteiger partial charge < -0.3 is 5.32 Å². The summed E-state index contributed by atoms with van der Waals surface area (Å²) < 4.78 is 1.38. The summed E-state index contributed by atoms with van der Waals surface area (Å²) in [6, 6.07) is 11.3. The molecule has 0 aliphatic heterocycles. The molecule has 110 valence electrons. The van der Waals surface area contributed by atoms with Crippen LogP contribution in [-0.2, 0) is 6.42 Å². The summed E-state index contributed by atoms with van der Waals surface area (Å²) >= 11 is 3.73. The highest BCUT2D eigenvalue weighted by Gasteiger charge is 2.20. The maximum Gasteiger partial charge on any atom is 0.0688 e. The zero-order valence-corrected chi connectivity index (χ0v) is 14.2. The van der Waals surface area contributed by atoms with Gasteiger partial charge in [-0.15, -0.1) is 22.7 Å². The van der Waals surface area contributed by atoms with Crippen molar-refractivity contribution >= 4 is 32.8 Å². The normalized spacial score (nSPS) is 12.9. The van der Waals surface area contributed by atoms with E-state index in [-0.39, 0.29) is 0 Å². The van der Waals surface area contributed by atoms with Gasteiger partial charge >= 0.3 is 0 Å². The largest absolute Gasteiger partial charge is 0.306 e. The first-order valence-corrected chi connectivity index (χ1v) is 9.36. The van der Waals surface area contributed by atoms with E-state index in [2.05, 4.69) is 60.3 Å². The molecule has 0 saturated carbocycles. The van der Waals surface area contributed by atoms with Crippen LogP contribution in [0.4, 0.5) is 0 Å². The minimum Gasteiger partial charge on any atom is -0.306 e. The van der Waals surface area contributed by atoms with Crippen LogP contribution in [0.2, 0.25) is 0 Å². The van der Waals surface area contributed by atoms with Gasteiger partial charge in [0.15, 0.2) is 0 Å². The molecule has 1 N–H and O–H groups in total. The van der Waals surface area contributed by atoms with E-state index in [9.17, 15) is 0 Å². The van der Waals surface area contributed by atoms with Crippen molar-refractivity contribution in [3.63, 3.8) is 0 Å². The van der Waals surface area contributed by atoms with Gasteiger partial charge in [-0.05, 0) is 58.8 Å². The van der Waals surface area contributed by atoms with Crippen LogP contribution in [0.3, 0.4) is 0 Å². The third-order valence-corrected chi connectivity index (χ3v) is 5.85. The lowest BCUT2D eigenvalue weighted by Crippen LogP contribution is -2.23. The molecule has 1 atom stereocenters. The molecule has 1 unspecified atom stereocenters. The zero-order valence-electron chi connectivity index (χ0n) is 12.6. The number of nitrogens with one attached hydrogen (secondary N) is 1. The van der Waals surface area contributed by atoms with Gasteiger partial charge in [-0.1, -0.05) is 32.0 Å². The Morgan fingerprint density at radius 2 is 1.95 bits per heavy atom. The fourth-order valence-corrected chi connectivity index (χ4v) is 4.82. The van der Waals surface area contributed by atoms with E-state index in [1.165, 1.54) is 26.1 Å². The summed E-state index contributed by atoms with van der Waals surface area (Å²) in [5.41, 5.74) is 2.91. The highest BCUT2D eigenvalue weighted by molar-refractivity contribution is 7.17. The second-order valence-electron chi connectivity index (χ2n) is 5.24. The van der Waals surface area contributed by atoms with Crippen molar-refractivity contribution in [2.75, 3.05) is 6.54 Å². The van der Waals surface area contributed by atoms with Crippen LogP contribution in [-0.4, -0.2) is 6.54 Å². The minimum absolute atomic E-state index is 0.330. The molecule has 0 aliphatic rings. The fraction of sp³-hybridized carbons (Fsp3) is 0.333. The van der Waals surface area contributed by atoms with Crippen molar-refractivity contribution in [1.29, 1.82) is 0 Å². The lowest BCUT2D eigenvalue weighted by atomic mass is 10.0. The first-order valence-electron chi connectivity index (χ1n) is 7.61. The molecule has 0 saturated heterocycles. The third kappa shape index (κ3) is 2.91. The van der Waals surface area contributed by atoms with Crippen LogP contribution in [0.25, 0.3) is 10.1 Å². The number of thiophene rings is 2. The van der Waals surface area contributed by atoms with Crippen molar-refractivity contribution in [3.8, 4) is 0 Å². The van der Waals surface area contributed by atoms with Crippen molar-refractivity contribution in [2.24, 2.45) is 0 Å². The van der Waals surface area contributed by atoms with Crippen molar-refractivity contribution < 1.29 is 0 Å². The van der Waals surface area contributed by atoms with Gasteiger partial charge in [-0.25, -0.2) is 0 Å². The van der Waals surface area contributed by atoms with E-state index in [1.807, 2.05) is 22.7 Å². The Hall–Kier alpha value is -1.16. The van der Waals surface area contributed by atoms with E-state index >= 15 is 0 Å². The van der Waals surface area contributed by atoms with E-state index in [4.69, 9.17) is 0 Å². The molecule has 0 spiro atoms. The molecule has 0 radical (unpaired) electrons. The molecule has 2 aromatic heterocycles. The number of aryl methyl sites for hydroxylation is 1. The Morgan fingerprint density at radius 3 is 2.76 bits per heavy atom. The Bertz CT molecular complexity index is 711. The summed E-state index contributed by atoms with van der Waals surface area (Å²) in [6.07, 6.45) is 2.26. The first-order chi connectivity index (χ1) is 10.3. The van der Waals surface area contributed by atoms with Crippen LogP contribution in [0, 0.1) is 0 Å². The Morgan fingerprint density at radius 1 is 1.10 bits per heavy atom. The predicted molar refractivity (Wildman–Crippen MR) is 95.7 cm³/mol. The number of rotatable bonds is 6. The number of benzene rings is 1. The molecule has 1 nitrogen and oxygen atoms in total. The van der Waals surface area contributed by atoms with Gasteiger partial charge in [0.2, 0.25) is 0 Å². The summed E-state index contributed by atoms with van der Waals surface area (Å²) in [6.45, 7) is 5.52. The van der Waals surface area contributed by atoms with Crippen LogP contribution in [0.5, 0.6) is 0 Å². The van der Waals surface area contributed by atoms with Crippen LogP contribution < -0.4 is 5.32 Å². The maximum atomic E-state index is 3.76. The Labute approximate surface area is 134 Å². The first kappa shape index (κ1) is 14.8. The molecule has 1 aromatic carbocycles. The molecular weight excluding hydrogens is 294 g/mol. The molecular formula is C18H21NS2. The monoisotopic (exact) mass is 315 g/mol. The lowest BCUT2D eigenvalue weighted by Gasteiger charge is -2.19. The number of hydrogen-bond donors (Lipinski definition) is 1. The second kappa shape index (κ2) is 6.73. The lowest BCUT2D eigenvalue weighted by molar-refractivity contribution is 0.606. The van der Waals surface area contributed by atoms with Crippen LogP contribution >= 0.6 is 22.7 Å². The van der Waals surface area contributed by atoms with Gasteiger partial charge in [0.1, 0.15) is 0 Å². The minimum atomic E-state index is 0.330. The highest BCUT2D eigenvalue weighted by Crippen LogP contribution is 2.37. The molecule has 0 fully saturated rings. The van der Waals surface area contributed by atoms with Gasteiger partial charge in [-0.3, -0.25) is 0 Å².